The van der Waals surface area contributed by atoms with Crippen LogP contribution in [-0.2, 0) is 6.42 Å². The molecule has 3 aromatic rings. The molecule has 6 nitrogen and oxygen atoms in total. The van der Waals surface area contributed by atoms with Crippen molar-refractivity contribution in [1.82, 2.24) is 9.97 Å². The van der Waals surface area contributed by atoms with Gasteiger partial charge < -0.3 is 4.42 Å². The summed E-state index contributed by atoms with van der Waals surface area (Å²) in [5.41, 5.74) is 1.01. The van der Waals surface area contributed by atoms with Gasteiger partial charge in [0.05, 0.1) is 15.4 Å². The molecule has 4 rings (SSSR count). The lowest BCUT2D eigenvalue weighted by atomic mass is 10.0. The topological polar surface area (TPSA) is 85.1 Å². The van der Waals surface area contributed by atoms with E-state index in [-0.39, 0.29) is 17.4 Å². The molecule has 8 heteroatoms. The number of anilines is 1. The van der Waals surface area contributed by atoms with Crippen molar-refractivity contribution in [2.45, 2.75) is 26.2 Å². The minimum atomic E-state index is -0.377. The van der Waals surface area contributed by atoms with Crippen molar-refractivity contribution < 1.29 is 14.0 Å². The fraction of sp³-hybridized carbons (Fsp3) is 0.250. The third-order valence-electron chi connectivity index (χ3n) is 3.73. The number of rotatable bonds is 3. The molecule has 3 heterocycles. The summed E-state index contributed by atoms with van der Waals surface area (Å²) in [6.45, 7) is 1.70. The largest absolute Gasteiger partial charge is 0.440 e. The average Bonchev–Trinajstić information content (AvgIpc) is 3.25. The molecule has 0 spiro atoms. The molecule has 0 fully saturated rings. The number of carbonyl (C=O) groups excluding carboxylic acids is 2. The van der Waals surface area contributed by atoms with Gasteiger partial charge in [0.15, 0.2) is 16.6 Å². The monoisotopic (exact) mass is 359 g/mol. The van der Waals surface area contributed by atoms with Crippen molar-refractivity contribution in [3.8, 4) is 10.8 Å². The van der Waals surface area contributed by atoms with Crippen LogP contribution in [0.4, 0.5) is 5.13 Å². The number of thiazole rings is 1. The van der Waals surface area contributed by atoms with Gasteiger partial charge in [0.25, 0.3) is 5.91 Å². The van der Waals surface area contributed by atoms with E-state index in [9.17, 15) is 9.59 Å². The molecule has 0 radical (unpaired) electrons. The van der Waals surface area contributed by atoms with E-state index in [1.54, 1.807) is 6.92 Å². The molecule has 0 atom stereocenters. The summed E-state index contributed by atoms with van der Waals surface area (Å²) in [6, 6.07) is 3.79. The maximum atomic E-state index is 12.5. The highest BCUT2D eigenvalue weighted by Crippen LogP contribution is 2.30. The van der Waals surface area contributed by atoms with Crippen molar-refractivity contribution in [2.75, 3.05) is 5.32 Å². The second-order valence-corrected chi connectivity index (χ2v) is 7.37. The van der Waals surface area contributed by atoms with Crippen LogP contribution in [0.1, 0.15) is 44.5 Å². The number of oxazole rings is 1. The first-order valence-corrected chi connectivity index (χ1v) is 9.17. The van der Waals surface area contributed by atoms with Crippen molar-refractivity contribution in [2.24, 2.45) is 0 Å². The van der Waals surface area contributed by atoms with E-state index in [1.165, 1.54) is 22.7 Å². The number of aryl methyl sites for hydroxylation is 2. The lowest BCUT2D eigenvalue weighted by Gasteiger charge is -2.05. The first kappa shape index (κ1) is 15.2. The van der Waals surface area contributed by atoms with E-state index in [0.717, 1.165) is 23.4 Å². The van der Waals surface area contributed by atoms with E-state index in [2.05, 4.69) is 15.3 Å². The Balaban J connectivity index is 1.58. The van der Waals surface area contributed by atoms with Crippen LogP contribution in [0, 0.1) is 6.92 Å². The highest BCUT2D eigenvalue weighted by Gasteiger charge is 2.24. The maximum absolute atomic E-state index is 12.5. The Labute approximate surface area is 145 Å². The molecule has 1 aliphatic carbocycles. The first-order valence-electron chi connectivity index (χ1n) is 7.47. The van der Waals surface area contributed by atoms with Crippen LogP contribution in [-0.4, -0.2) is 21.7 Å². The van der Waals surface area contributed by atoms with Gasteiger partial charge >= 0.3 is 0 Å². The molecule has 1 N–H and O–H groups in total. The highest BCUT2D eigenvalue weighted by atomic mass is 32.1. The summed E-state index contributed by atoms with van der Waals surface area (Å²) in [4.78, 5) is 34.5. The second kappa shape index (κ2) is 5.95. The van der Waals surface area contributed by atoms with Gasteiger partial charge in [0.1, 0.15) is 5.76 Å². The van der Waals surface area contributed by atoms with Crippen LogP contribution in [0.2, 0.25) is 0 Å². The van der Waals surface area contributed by atoms with Crippen LogP contribution in [0.3, 0.4) is 0 Å². The quantitative estimate of drug-likeness (QED) is 0.765. The van der Waals surface area contributed by atoms with Crippen LogP contribution in [0.25, 0.3) is 10.8 Å². The summed E-state index contributed by atoms with van der Waals surface area (Å²) in [5, 5.41) is 5.09. The molecule has 1 aliphatic rings. The predicted molar refractivity (Wildman–Crippen MR) is 91.9 cm³/mol. The third-order valence-corrected chi connectivity index (χ3v) is 5.64. The standard InChI is InChI=1S/C16H13N3O3S2/c1-8-12(18-15(22-8)11-6-3-7-23-11)14(21)19-16-17-9-4-2-5-10(20)13(9)24-16/h3,6-7H,2,4-5H2,1H3,(H,17,19,21). The van der Waals surface area contributed by atoms with Crippen LogP contribution >= 0.6 is 22.7 Å². The molecule has 0 aliphatic heterocycles. The van der Waals surface area contributed by atoms with E-state index in [4.69, 9.17) is 4.42 Å². The summed E-state index contributed by atoms with van der Waals surface area (Å²) >= 11 is 2.72. The Morgan fingerprint density at radius 3 is 2.96 bits per heavy atom. The average molecular weight is 359 g/mol. The molecule has 0 unspecified atom stereocenters. The van der Waals surface area contributed by atoms with Crippen LogP contribution < -0.4 is 5.32 Å². The SMILES string of the molecule is Cc1oc(-c2cccs2)nc1C(=O)Nc1nc2c(s1)C(=O)CCC2. The van der Waals surface area contributed by atoms with Gasteiger partial charge in [-0.15, -0.1) is 11.3 Å². The van der Waals surface area contributed by atoms with Crippen molar-refractivity contribution in [3.63, 3.8) is 0 Å². The van der Waals surface area contributed by atoms with Crippen molar-refractivity contribution in [1.29, 1.82) is 0 Å². The molecule has 0 aromatic carbocycles. The van der Waals surface area contributed by atoms with E-state index in [1.807, 2.05) is 17.5 Å². The number of Topliss-reactive ketones (excluding diaryl/α,β-unsaturated/α-hetero) is 1. The normalized spacial score (nSPS) is 13.8. The molecule has 122 valence electrons. The van der Waals surface area contributed by atoms with Gasteiger partial charge in [-0.25, -0.2) is 9.97 Å². The number of carbonyl (C=O) groups is 2. The highest BCUT2D eigenvalue weighted by molar-refractivity contribution is 7.17. The van der Waals surface area contributed by atoms with Crippen LogP contribution in [0.5, 0.6) is 0 Å². The molecule has 0 saturated carbocycles. The Hall–Kier alpha value is -2.32. The van der Waals surface area contributed by atoms with Gasteiger partial charge in [-0.3, -0.25) is 14.9 Å². The maximum Gasteiger partial charge on any atom is 0.279 e. The summed E-state index contributed by atoms with van der Waals surface area (Å²) < 4.78 is 5.58. The number of amides is 1. The van der Waals surface area contributed by atoms with E-state index < -0.39 is 0 Å². The Bertz CT molecular complexity index is 925. The third kappa shape index (κ3) is 2.67. The zero-order valence-electron chi connectivity index (χ0n) is 12.8. The molecule has 0 saturated heterocycles. The number of nitrogens with zero attached hydrogens (tertiary/aromatic N) is 2. The van der Waals surface area contributed by atoms with Crippen LogP contribution in [0.15, 0.2) is 21.9 Å². The molecular weight excluding hydrogens is 346 g/mol. The predicted octanol–water partition coefficient (Wildman–Crippen LogP) is 3.94. The minimum Gasteiger partial charge on any atom is -0.440 e. The molecule has 24 heavy (non-hydrogen) atoms. The number of hydrogen-bond acceptors (Lipinski definition) is 7. The van der Waals surface area contributed by atoms with E-state index in [0.29, 0.717) is 28.1 Å². The van der Waals surface area contributed by atoms with Gasteiger partial charge in [0, 0.05) is 6.42 Å². The summed E-state index contributed by atoms with van der Waals surface area (Å²) in [6.07, 6.45) is 2.14. The lowest BCUT2D eigenvalue weighted by molar-refractivity contribution is 0.0975. The van der Waals surface area contributed by atoms with Gasteiger partial charge in [-0.1, -0.05) is 17.4 Å². The fourth-order valence-electron chi connectivity index (χ4n) is 2.59. The summed E-state index contributed by atoms with van der Waals surface area (Å²) in [5.74, 6) is 0.610. The van der Waals surface area contributed by atoms with Crippen molar-refractivity contribution in [3.05, 3.63) is 39.5 Å². The number of ketones is 1. The Kier molecular flexibility index (Phi) is 3.78. The number of hydrogen-bond donors (Lipinski definition) is 1. The zero-order chi connectivity index (χ0) is 16.7. The molecule has 0 bridgehead atoms. The smallest absolute Gasteiger partial charge is 0.279 e. The number of aromatic nitrogens is 2. The van der Waals surface area contributed by atoms with E-state index >= 15 is 0 Å². The second-order valence-electron chi connectivity index (χ2n) is 5.43. The molecule has 1 amide bonds. The zero-order valence-corrected chi connectivity index (χ0v) is 14.4. The Morgan fingerprint density at radius 1 is 1.33 bits per heavy atom. The number of nitrogens with one attached hydrogen (secondary N) is 1. The molecule has 3 aromatic heterocycles. The lowest BCUT2D eigenvalue weighted by Crippen LogP contribution is -2.13. The van der Waals surface area contributed by atoms with Gasteiger partial charge in [-0.05, 0) is 31.2 Å². The number of thiophene rings is 1. The Morgan fingerprint density at radius 2 is 2.21 bits per heavy atom. The first-order chi connectivity index (χ1) is 11.6. The van der Waals surface area contributed by atoms with Gasteiger partial charge in [0.2, 0.25) is 5.89 Å². The number of fused-ring (bicyclic) bond motifs is 1. The fourth-order valence-corrected chi connectivity index (χ4v) is 4.21. The minimum absolute atomic E-state index is 0.104. The van der Waals surface area contributed by atoms with Crippen molar-refractivity contribution >= 4 is 39.5 Å². The molecular formula is C16H13N3O3S2. The summed E-state index contributed by atoms with van der Waals surface area (Å²) in [7, 11) is 0. The van der Waals surface area contributed by atoms with Gasteiger partial charge in [-0.2, -0.15) is 0 Å².